The molecule has 3 aliphatic rings. The first-order valence-electron chi connectivity index (χ1n) is 11.5. The third-order valence-corrected chi connectivity index (χ3v) is 6.72. The molecule has 2 aliphatic heterocycles. The number of ether oxygens (including phenoxy) is 1. The van der Waals surface area contributed by atoms with Crippen molar-refractivity contribution in [1.29, 1.82) is 0 Å². The summed E-state index contributed by atoms with van der Waals surface area (Å²) in [4.78, 5) is 42.4. The van der Waals surface area contributed by atoms with E-state index < -0.39 is 29.3 Å². The number of piperidine rings is 1. The SMILES string of the molecule is O=C(NC1CC1)[C@@H]1COC2(CCN(C(=O)c3ccc(F)cc3F)CC2)N1C(=O)c1ccccc1. The molecule has 34 heavy (non-hydrogen) atoms. The van der Waals surface area contributed by atoms with E-state index in [0.29, 0.717) is 11.6 Å². The largest absolute Gasteiger partial charge is 0.353 e. The molecule has 1 saturated carbocycles. The number of hydrogen-bond donors (Lipinski definition) is 1. The maximum atomic E-state index is 14.1. The van der Waals surface area contributed by atoms with Crippen molar-refractivity contribution in [3.63, 3.8) is 0 Å². The van der Waals surface area contributed by atoms with E-state index in [1.54, 1.807) is 24.3 Å². The summed E-state index contributed by atoms with van der Waals surface area (Å²) in [6.07, 6.45) is 2.39. The van der Waals surface area contributed by atoms with Crippen molar-refractivity contribution >= 4 is 17.7 Å². The van der Waals surface area contributed by atoms with Crippen LogP contribution in [0.15, 0.2) is 48.5 Å². The van der Waals surface area contributed by atoms with Gasteiger partial charge < -0.3 is 15.0 Å². The summed E-state index contributed by atoms with van der Waals surface area (Å²) >= 11 is 0. The Bertz CT molecular complexity index is 1110. The Labute approximate surface area is 195 Å². The van der Waals surface area contributed by atoms with Crippen LogP contribution >= 0.6 is 0 Å². The Balaban J connectivity index is 1.37. The normalized spacial score (nSPS) is 21.5. The maximum Gasteiger partial charge on any atom is 0.256 e. The predicted molar refractivity (Wildman–Crippen MR) is 118 cm³/mol. The van der Waals surface area contributed by atoms with Gasteiger partial charge in [0.2, 0.25) is 5.91 Å². The molecule has 0 bridgehead atoms. The Hall–Kier alpha value is -3.33. The van der Waals surface area contributed by atoms with Crippen molar-refractivity contribution in [2.45, 2.75) is 43.5 Å². The monoisotopic (exact) mass is 469 g/mol. The van der Waals surface area contributed by atoms with Crippen LogP contribution in [-0.2, 0) is 9.53 Å². The van der Waals surface area contributed by atoms with Gasteiger partial charge in [-0.25, -0.2) is 8.78 Å². The zero-order chi connectivity index (χ0) is 23.9. The first-order chi connectivity index (χ1) is 16.4. The smallest absolute Gasteiger partial charge is 0.256 e. The van der Waals surface area contributed by atoms with E-state index in [0.717, 1.165) is 25.0 Å². The molecule has 0 aromatic heterocycles. The van der Waals surface area contributed by atoms with Crippen LogP contribution in [0.5, 0.6) is 0 Å². The number of likely N-dealkylation sites (tertiary alicyclic amines) is 1. The van der Waals surface area contributed by atoms with Gasteiger partial charge >= 0.3 is 0 Å². The van der Waals surface area contributed by atoms with Crippen LogP contribution in [0.3, 0.4) is 0 Å². The summed E-state index contributed by atoms with van der Waals surface area (Å²) in [5.74, 6) is -2.76. The fraction of sp³-hybridized carbons (Fsp3) is 0.400. The van der Waals surface area contributed by atoms with E-state index in [9.17, 15) is 23.2 Å². The number of benzene rings is 2. The molecule has 178 valence electrons. The van der Waals surface area contributed by atoms with Crippen molar-refractivity contribution in [2.24, 2.45) is 0 Å². The lowest BCUT2D eigenvalue weighted by molar-refractivity contribution is -0.128. The number of nitrogens with one attached hydrogen (secondary N) is 1. The third kappa shape index (κ3) is 4.16. The van der Waals surface area contributed by atoms with Crippen LogP contribution in [0.25, 0.3) is 0 Å². The van der Waals surface area contributed by atoms with Crippen LogP contribution in [-0.4, -0.2) is 65.0 Å². The number of carbonyl (C=O) groups excluding carboxylic acids is 3. The van der Waals surface area contributed by atoms with Gasteiger partial charge in [0.25, 0.3) is 11.8 Å². The molecule has 3 amide bonds. The second-order valence-electron chi connectivity index (χ2n) is 9.01. The zero-order valence-electron chi connectivity index (χ0n) is 18.5. The van der Waals surface area contributed by atoms with E-state index in [-0.39, 0.29) is 56.0 Å². The molecule has 2 aromatic carbocycles. The number of nitrogens with zero attached hydrogens (tertiary/aromatic N) is 2. The summed E-state index contributed by atoms with van der Waals surface area (Å²) in [5, 5.41) is 2.96. The molecule has 2 heterocycles. The quantitative estimate of drug-likeness (QED) is 0.747. The Kier molecular flexibility index (Phi) is 5.81. The molecule has 1 N–H and O–H groups in total. The van der Waals surface area contributed by atoms with Gasteiger partial charge in [0.05, 0.1) is 12.2 Å². The first-order valence-corrected chi connectivity index (χ1v) is 11.5. The minimum absolute atomic E-state index is 0.0671. The van der Waals surface area contributed by atoms with E-state index in [4.69, 9.17) is 4.74 Å². The highest BCUT2D eigenvalue weighted by Gasteiger charge is 2.54. The molecule has 9 heteroatoms. The molecule has 5 rings (SSSR count). The summed E-state index contributed by atoms with van der Waals surface area (Å²) in [6.45, 7) is 0.466. The summed E-state index contributed by atoms with van der Waals surface area (Å²) in [6, 6.07) is 10.9. The van der Waals surface area contributed by atoms with Crippen LogP contribution in [0.2, 0.25) is 0 Å². The van der Waals surface area contributed by atoms with Crippen molar-refractivity contribution in [3.05, 3.63) is 71.3 Å². The van der Waals surface area contributed by atoms with Crippen molar-refractivity contribution in [2.75, 3.05) is 19.7 Å². The molecule has 2 saturated heterocycles. The highest BCUT2D eigenvalue weighted by Crippen LogP contribution is 2.39. The average molecular weight is 469 g/mol. The van der Waals surface area contributed by atoms with Crippen molar-refractivity contribution < 1.29 is 27.9 Å². The molecular weight excluding hydrogens is 444 g/mol. The molecular formula is C25H25F2N3O4. The van der Waals surface area contributed by atoms with Gasteiger partial charge in [-0.05, 0) is 37.1 Å². The fourth-order valence-corrected chi connectivity index (χ4v) is 4.70. The second kappa shape index (κ2) is 8.79. The van der Waals surface area contributed by atoms with Gasteiger partial charge in [-0.15, -0.1) is 0 Å². The van der Waals surface area contributed by atoms with Crippen LogP contribution in [0, 0.1) is 11.6 Å². The maximum absolute atomic E-state index is 14.1. The van der Waals surface area contributed by atoms with E-state index >= 15 is 0 Å². The van der Waals surface area contributed by atoms with E-state index in [2.05, 4.69) is 5.32 Å². The van der Waals surface area contributed by atoms with E-state index in [1.165, 1.54) is 9.80 Å². The minimum Gasteiger partial charge on any atom is -0.353 e. The second-order valence-corrected chi connectivity index (χ2v) is 9.01. The molecule has 2 aromatic rings. The topological polar surface area (TPSA) is 79.0 Å². The zero-order valence-corrected chi connectivity index (χ0v) is 18.5. The third-order valence-electron chi connectivity index (χ3n) is 6.72. The molecule has 1 aliphatic carbocycles. The summed E-state index contributed by atoms with van der Waals surface area (Å²) in [7, 11) is 0. The lowest BCUT2D eigenvalue weighted by atomic mass is 9.96. The van der Waals surface area contributed by atoms with Crippen LogP contribution in [0.4, 0.5) is 8.78 Å². The minimum atomic E-state index is -1.05. The molecule has 0 radical (unpaired) electrons. The predicted octanol–water partition coefficient (Wildman–Crippen LogP) is 2.72. The number of hydrogen-bond acceptors (Lipinski definition) is 4. The summed E-state index contributed by atoms with van der Waals surface area (Å²) < 4.78 is 33.5. The number of amides is 3. The highest BCUT2D eigenvalue weighted by molar-refractivity contribution is 5.98. The number of rotatable bonds is 4. The molecule has 7 nitrogen and oxygen atoms in total. The number of carbonyl (C=O) groups is 3. The molecule has 1 spiro atoms. The lowest BCUT2D eigenvalue weighted by Crippen LogP contribution is -2.60. The van der Waals surface area contributed by atoms with Crippen molar-refractivity contribution in [3.8, 4) is 0 Å². The van der Waals surface area contributed by atoms with Gasteiger partial charge in [-0.2, -0.15) is 0 Å². The van der Waals surface area contributed by atoms with Gasteiger partial charge in [0, 0.05) is 43.6 Å². The molecule has 3 fully saturated rings. The standard InChI is InChI=1S/C25H25F2N3O4/c26-17-6-9-19(20(27)14-17)24(33)29-12-10-25(11-13-29)30(23(32)16-4-2-1-3-5-16)21(15-34-25)22(31)28-18-7-8-18/h1-6,9,14,18,21H,7-8,10-13,15H2,(H,28,31)/t21-/m0/s1. The van der Waals surface area contributed by atoms with Crippen LogP contribution < -0.4 is 5.32 Å². The Morgan fingerprint density at radius 3 is 2.32 bits per heavy atom. The molecule has 1 atom stereocenters. The lowest BCUT2D eigenvalue weighted by Gasteiger charge is -2.44. The molecule has 0 unspecified atom stereocenters. The van der Waals surface area contributed by atoms with Gasteiger partial charge in [0.15, 0.2) is 0 Å². The van der Waals surface area contributed by atoms with E-state index in [1.807, 2.05) is 6.07 Å². The van der Waals surface area contributed by atoms with Gasteiger partial charge in [0.1, 0.15) is 23.4 Å². The van der Waals surface area contributed by atoms with Gasteiger partial charge in [-0.3, -0.25) is 19.3 Å². The Morgan fingerprint density at radius 1 is 0.971 bits per heavy atom. The van der Waals surface area contributed by atoms with Gasteiger partial charge in [-0.1, -0.05) is 18.2 Å². The van der Waals surface area contributed by atoms with Crippen LogP contribution in [0.1, 0.15) is 46.4 Å². The average Bonchev–Trinajstić information content (AvgIpc) is 3.58. The van der Waals surface area contributed by atoms with Crippen molar-refractivity contribution in [1.82, 2.24) is 15.1 Å². The fourth-order valence-electron chi connectivity index (χ4n) is 4.70. The summed E-state index contributed by atoms with van der Waals surface area (Å²) in [5.41, 5.74) is -0.802. The number of halogens is 2. The Morgan fingerprint density at radius 2 is 1.68 bits per heavy atom. The highest BCUT2D eigenvalue weighted by atomic mass is 19.1. The first kappa shape index (κ1) is 22.5.